The van der Waals surface area contributed by atoms with Crippen LogP contribution in [0.2, 0.25) is 0 Å². The number of rotatable bonds is 6. The number of carboxylic acids is 1. The Morgan fingerprint density at radius 3 is 2.38 bits per heavy atom. The minimum Gasteiger partial charge on any atom is -0.480 e. The third-order valence-corrected chi connectivity index (χ3v) is 3.52. The van der Waals surface area contributed by atoms with Crippen LogP contribution in [0.3, 0.4) is 0 Å². The highest BCUT2D eigenvalue weighted by Gasteiger charge is 2.29. The van der Waals surface area contributed by atoms with Gasteiger partial charge < -0.3 is 24.8 Å². The van der Waals surface area contributed by atoms with Crippen molar-refractivity contribution in [1.82, 2.24) is 10.2 Å². The van der Waals surface area contributed by atoms with Gasteiger partial charge in [-0.05, 0) is 12.8 Å². The molecule has 120 valence electrons. The predicted molar refractivity (Wildman–Crippen MR) is 72.8 cm³/mol. The fraction of sp³-hybridized carbons (Fsp3) is 0.769. The van der Waals surface area contributed by atoms with E-state index in [1.54, 1.807) is 0 Å². The van der Waals surface area contributed by atoms with Gasteiger partial charge in [0.25, 0.3) is 0 Å². The van der Waals surface area contributed by atoms with Crippen molar-refractivity contribution in [1.29, 1.82) is 0 Å². The SMILES string of the molecule is COCCC(NC(=O)N1CCC(C(=O)OC)CC1)C(=O)O. The number of piperidine rings is 1. The smallest absolute Gasteiger partial charge is 0.326 e. The van der Waals surface area contributed by atoms with E-state index in [2.05, 4.69) is 10.1 Å². The van der Waals surface area contributed by atoms with Crippen molar-refractivity contribution in [3.05, 3.63) is 0 Å². The van der Waals surface area contributed by atoms with Crippen LogP contribution in [0.4, 0.5) is 4.79 Å². The number of carboxylic acid groups (broad SMARTS) is 1. The Labute approximate surface area is 123 Å². The first-order valence-electron chi connectivity index (χ1n) is 6.84. The molecule has 1 rings (SSSR count). The van der Waals surface area contributed by atoms with Crippen LogP contribution in [0.1, 0.15) is 19.3 Å². The summed E-state index contributed by atoms with van der Waals surface area (Å²) in [4.78, 5) is 36.0. The summed E-state index contributed by atoms with van der Waals surface area (Å²) in [6.45, 7) is 1.06. The van der Waals surface area contributed by atoms with E-state index in [0.29, 0.717) is 25.9 Å². The molecule has 1 aliphatic heterocycles. The van der Waals surface area contributed by atoms with Crippen molar-refractivity contribution >= 4 is 18.0 Å². The maximum absolute atomic E-state index is 12.0. The first-order valence-corrected chi connectivity index (χ1v) is 6.84. The molecular formula is C13H22N2O6. The molecule has 0 aromatic heterocycles. The van der Waals surface area contributed by atoms with Gasteiger partial charge >= 0.3 is 18.0 Å². The normalized spacial score (nSPS) is 17.1. The molecule has 1 heterocycles. The number of esters is 1. The Morgan fingerprint density at radius 2 is 1.90 bits per heavy atom. The first-order chi connectivity index (χ1) is 9.99. The Balaban J connectivity index is 2.45. The summed E-state index contributed by atoms with van der Waals surface area (Å²) in [6, 6.07) is -1.41. The quantitative estimate of drug-likeness (QED) is 0.673. The Morgan fingerprint density at radius 1 is 1.29 bits per heavy atom. The number of carbonyl (C=O) groups excluding carboxylic acids is 2. The lowest BCUT2D eigenvalue weighted by Gasteiger charge is -2.31. The number of nitrogens with one attached hydrogen (secondary N) is 1. The molecule has 0 radical (unpaired) electrons. The van der Waals surface area contributed by atoms with E-state index in [1.807, 2.05) is 0 Å². The van der Waals surface area contributed by atoms with Gasteiger partial charge in [0.15, 0.2) is 0 Å². The van der Waals surface area contributed by atoms with Crippen molar-refractivity contribution in [3.8, 4) is 0 Å². The molecule has 1 aliphatic rings. The van der Waals surface area contributed by atoms with Gasteiger partial charge in [-0.15, -0.1) is 0 Å². The summed E-state index contributed by atoms with van der Waals surface area (Å²) in [5, 5.41) is 11.5. The zero-order valence-corrected chi connectivity index (χ0v) is 12.3. The fourth-order valence-electron chi connectivity index (χ4n) is 2.22. The van der Waals surface area contributed by atoms with Crippen LogP contribution in [0.25, 0.3) is 0 Å². The molecule has 1 saturated heterocycles. The molecule has 0 aromatic rings. The number of nitrogens with zero attached hydrogens (tertiary/aromatic N) is 1. The molecule has 2 N–H and O–H groups in total. The maximum Gasteiger partial charge on any atom is 0.326 e. The summed E-state index contributed by atoms with van der Waals surface area (Å²) >= 11 is 0. The highest BCUT2D eigenvalue weighted by molar-refractivity contribution is 5.82. The highest BCUT2D eigenvalue weighted by atomic mass is 16.5. The molecule has 0 bridgehead atoms. The highest BCUT2D eigenvalue weighted by Crippen LogP contribution is 2.18. The third kappa shape index (κ3) is 5.22. The molecular weight excluding hydrogens is 280 g/mol. The van der Waals surface area contributed by atoms with E-state index in [0.717, 1.165) is 0 Å². The van der Waals surface area contributed by atoms with Crippen LogP contribution in [-0.2, 0) is 19.1 Å². The van der Waals surface area contributed by atoms with Crippen LogP contribution >= 0.6 is 0 Å². The van der Waals surface area contributed by atoms with Crippen LogP contribution in [0, 0.1) is 5.92 Å². The Kier molecular flexibility index (Phi) is 6.93. The summed E-state index contributed by atoms with van der Waals surface area (Å²) in [5.74, 6) is -1.55. The predicted octanol–water partition coefficient (Wildman–Crippen LogP) is 0.0707. The van der Waals surface area contributed by atoms with Gasteiger partial charge in [0.2, 0.25) is 0 Å². The van der Waals surface area contributed by atoms with Gasteiger partial charge in [0, 0.05) is 33.2 Å². The number of methoxy groups -OCH3 is 2. The number of hydrogen-bond acceptors (Lipinski definition) is 5. The zero-order chi connectivity index (χ0) is 15.8. The van der Waals surface area contributed by atoms with Gasteiger partial charge in [-0.1, -0.05) is 0 Å². The summed E-state index contributed by atoms with van der Waals surface area (Å²) in [6.07, 6.45) is 1.25. The van der Waals surface area contributed by atoms with E-state index in [4.69, 9.17) is 9.84 Å². The number of ether oxygens (including phenoxy) is 2. The monoisotopic (exact) mass is 302 g/mol. The Bertz CT molecular complexity index is 379. The average molecular weight is 302 g/mol. The molecule has 0 saturated carbocycles. The fourth-order valence-corrected chi connectivity index (χ4v) is 2.22. The van der Waals surface area contributed by atoms with E-state index < -0.39 is 18.0 Å². The molecule has 1 fully saturated rings. The maximum atomic E-state index is 12.0. The molecule has 0 spiro atoms. The van der Waals surface area contributed by atoms with E-state index >= 15 is 0 Å². The molecule has 0 aliphatic carbocycles. The molecule has 1 atom stereocenters. The van der Waals surface area contributed by atoms with Crippen LogP contribution in [0.5, 0.6) is 0 Å². The second-order valence-electron chi connectivity index (χ2n) is 4.91. The molecule has 0 aromatic carbocycles. The van der Waals surface area contributed by atoms with Crippen LogP contribution in [0.15, 0.2) is 0 Å². The van der Waals surface area contributed by atoms with E-state index in [9.17, 15) is 14.4 Å². The van der Waals surface area contributed by atoms with Gasteiger partial charge in [0.05, 0.1) is 13.0 Å². The second-order valence-corrected chi connectivity index (χ2v) is 4.91. The largest absolute Gasteiger partial charge is 0.480 e. The van der Waals surface area contributed by atoms with Crippen LogP contribution in [-0.4, -0.2) is 67.9 Å². The lowest BCUT2D eigenvalue weighted by molar-refractivity contribution is -0.146. The number of amides is 2. The van der Waals surface area contributed by atoms with Crippen molar-refractivity contribution in [2.75, 3.05) is 33.9 Å². The minimum atomic E-state index is -1.09. The van der Waals surface area contributed by atoms with Gasteiger partial charge in [-0.3, -0.25) is 4.79 Å². The van der Waals surface area contributed by atoms with Gasteiger partial charge in [-0.25, -0.2) is 9.59 Å². The lowest BCUT2D eigenvalue weighted by Crippen LogP contribution is -2.51. The van der Waals surface area contributed by atoms with Crippen molar-refractivity contribution in [3.63, 3.8) is 0 Å². The number of urea groups is 1. The molecule has 8 heteroatoms. The van der Waals surface area contributed by atoms with E-state index in [1.165, 1.54) is 19.1 Å². The zero-order valence-electron chi connectivity index (χ0n) is 12.3. The Hall–Kier alpha value is -1.83. The number of likely N-dealkylation sites (tertiary alicyclic amines) is 1. The van der Waals surface area contributed by atoms with Crippen molar-refractivity contribution < 1.29 is 29.0 Å². The van der Waals surface area contributed by atoms with Gasteiger partial charge in [-0.2, -0.15) is 0 Å². The first kappa shape index (κ1) is 17.2. The molecule has 1 unspecified atom stereocenters. The van der Waals surface area contributed by atoms with Crippen molar-refractivity contribution in [2.24, 2.45) is 5.92 Å². The summed E-state index contributed by atoms with van der Waals surface area (Å²) in [5.41, 5.74) is 0. The van der Waals surface area contributed by atoms with Crippen LogP contribution < -0.4 is 5.32 Å². The van der Waals surface area contributed by atoms with E-state index in [-0.39, 0.29) is 24.9 Å². The molecule has 2 amide bonds. The second kappa shape index (κ2) is 8.46. The average Bonchev–Trinajstić information content (AvgIpc) is 2.50. The lowest BCUT2D eigenvalue weighted by atomic mass is 9.97. The van der Waals surface area contributed by atoms with Gasteiger partial charge in [0.1, 0.15) is 6.04 Å². The third-order valence-electron chi connectivity index (χ3n) is 3.52. The molecule has 21 heavy (non-hydrogen) atoms. The summed E-state index contributed by atoms with van der Waals surface area (Å²) < 4.78 is 9.50. The van der Waals surface area contributed by atoms with Crippen molar-refractivity contribution in [2.45, 2.75) is 25.3 Å². The minimum absolute atomic E-state index is 0.192. The number of aliphatic carboxylic acids is 1. The standard InChI is InChI=1S/C13H22N2O6/c1-20-8-5-10(11(16)17)14-13(19)15-6-3-9(4-7-15)12(18)21-2/h9-10H,3-8H2,1-2H3,(H,14,19)(H,16,17). The number of carbonyl (C=O) groups is 3. The topological polar surface area (TPSA) is 105 Å². The molecule has 8 nitrogen and oxygen atoms in total. The number of hydrogen-bond donors (Lipinski definition) is 2. The summed E-state index contributed by atoms with van der Waals surface area (Å²) in [7, 11) is 2.81.